The fourth-order valence-electron chi connectivity index (χ4n) is 0. The minimum Gasteiger partial charge on any atom is -1.00 e. The molecule has 0 fully saturated rings. The largest absolute Gasteiger partial charge is 1.00 e. The minimum atomic E-state index is -4.67. The summed E-state index contributed by atoms with van der Waals surface area (Å²) in [4.78, 5) is 0. The molecule has 0 aliphatic heterocycles. The Morgan fingerprint density at radius 3 is 0.364 bits per heavy atom. The van der Waals surface area contributed by atoms with Crippen LogP contribution in [0.15, 0.2) is 0 Å². The summed E-state index contributed by atoms with van der Waals surface area (Å²) in [5, 5.41) is 0. The quantitative estimate of drug-likeness (QED) is 0.146. The first-order valence-corrected chi connectivity index (χ1v) is 6.29. The topological polar surface area (TPSA) is 224 Å². The van der Waals surface area contributed by atoms with Gasteiger partial charge in [-0.15, -0.1) is 0 Å². The van der Waals surface area contributed by atoms with Crippen molar-refractivity contribution in [3.8, 4) is 0 Å². The Hall–Kier alpha value is 6.61. The molecule has 0 heterocycles. The van der Waals surface area contributed by atoms with E-state index in [1.54, 1.807) is 0 Å². The fraction of sp³-hybridized carbons (Fsp3) is 0. The monoisotopic (exact) mass is 462 g/mol. The summed E-state index contributed by atoms with van der Waals surface area (Å²) >= 11 is 0. The van der Waals surface area contributed by atoms with Gasteiger partial charge >= 0.3 is 238 Å². The second kappa shape index (κ2) is 32.3. The van der Waals surface area contributed by atoms with Crippen molar-refractivity contribution < 1.29 is 269 Å². The minimum absolute atomic E-state index is 0. The standard InChI is InChI=1S/7Na.3H2O4S.7H/c;;;;;;;3*1-5(2,3)4;;;;;;;/h;;;;;;;3*(H2,1,2,3,4);;;;;;;/q7*+1;;;;7*-1. The van der Waals surface area contributed by atoms with Crippen LogP contribution in [-0.2, 0) is 31.2 Å². The summed E-state index contributed by atoms with van der Waals surface area (Å²) < 4.78 is 94.8. The average Bonchev–Trinajstić information content (AvgIpc) is 1.41. The fourth-order valence-corrected chi connectivity index (χ4v) is 0. The van der Waals surface area contributed by atoms with Gasteiger partial charge in [0, 0.05) is 0 Å². The van der Waals surface area contributed by atoms with Gasteiger partial charge in [0.1, 0.15) is 0 Å². The van der Waals surface area contributed by atoms with Gasteiger partial charge in [0.15, 0.2) is 0 Å². The number of hydrogen-bond acceptors (Lipinski definition) is 6. The van der Waals surface area contributed by atoms with E-state index < -0.39 is 31.2 Å². The molecule has 22 heteroatoms. The molecule has 12 nitrogen and oxygen atoms in total. The van der Waals surface area contributed by atoms with Crippen LogP contribution in [0.25, 0.3) is 0 Å². The molecule has 0 aromatic heterocycles. The molecule has 0 aliphatic rings. The SMILES string of the molecule is O=S(=O)(O)O.O=S(=O)(O)O.O=S(=O)(O)O.[H-].[H-].[H-].[H-].[H-].[H-].[H-].[Na+].[Na+].[Na+].[Na+].[Na+].[Na+].[Na+]. The van der Waals surface area contributed by atoms with Crippen LogP contribution < -0.4 is 207 Å². The summed E-state index contributed by atoms with van der Waals surface area (Å²) in [5.74, 6) is 0. The summed E-state index contributed by atoms with van der Waals surface area (Å²) in [6.45, 7) is 0. The Morgan fingerprint density at radius 1 is 0.364 bits per heavy atom. The Balaban J connectivity index is -0.00000000400. The second-order valence-corrected chi connectivity index (χ2v) is 4.03. The van der Waals surface area contributed by atoms with E-state index in [2.05, 4.69) is 0 Å². The molecule has 0 atom stereocenters. The maximum absolute atomic E-state index is 8.74. The molecule has 6 N–H and O–H groups in total. The van der Waals surface area contributed by atoms with Crippen molar-refractivity contribution in [1.82, 2.24) is 0 Å². The van der Waals surface area contributed by atoms with Crippen LogP contribution in [-0.4, -0.2) is 52.6 Å². The van der Waals surface area contributed by atoms with Crippen LogP contribution in [0.4, 0.5) is 0 Å². The average molecular weight is 462 g/mol. The summed E-state index contributed by atoms with van der Waals surface area (Å²) in [6, 6.07) is 0. The molecule has 110 valence electrons. The first-order chi connectivity index (χ1) is 6.00. The van der Waals surface area contributed by atoms with E-state index in [-0.39, 0.29) is 217 Å². The van der Waals surface area contributed by atoms with Gasteiger partial charge in [0.05, 0.1) is 0 Å². The molecule has 0 radical (unpaired) electrons. The molecule has 0 bridgehead atoms. The zero-order valence-electron chi connectivity index (χ0n) is 20.4. The zero-order chi connectivity index (χ0) is 13.5. The van der Waals surface area contributed by atoms with Crippen LogP contribution in [0.3, 0.4) is 0 Å². The molecular formula is H13Na7O12S3. The molecule has 0 aliphatic carbocycles. The van der Waals surface area contributed by atoms with Gasteiger partial charge in [0.2, 0.25) is 0 Å². The van der Waals surface area contributed by atoms with Gasteiger partial charge in [-0.25, -0.2) is 0 Å². The molecule has 0 rings (SSSR count). The third-order valence-corrected chi connectivity index (χ3v) is 0. The van der Waals surface area contributed by atoms with Crippen molar-refractivity contribution in [2.45, 2.75) is 0 Å². The van der Waals surface area contributed by atoms with E-state index in [4.69, 9.17) is 52.6 Å². The predicted octanol–water partition coefficient (Wildman–Crippen LogP) is -22.1. The molecule has 0 spiro atoms. The van der Waals surface area contributed by atoms with E-state index in [1.807, 2.05) is 0 Å². The second-order valence-electron chi connectivity index (χ2n) is 1.34. The Morgan fingerprint density at radius 2 is 0.364 bits per heavy atom. The molecular weight excluding hydrogens is 449 g/mol. The van der Waals surface area contributed by atoms with Crippen LogP contribution in [0.1, 0.15) is 9.99 Å². The molecule has 0 saturated heterocycles. The molecule has 0 aromatic rings. The predicted molar refractivity (Wildman–Crippen MR) is 50.3 cm³/mol. The van der Waals surface area contributed by atoms with Crippen LogP contribution in [0, 0.1) is 0 Å². The third kappa shape index (κ3) is 399. The van der Waals surface area contributed by atoms with Gasteiger partial charge in [-0.1, -0.05) is 0 Å². The zero-order valence-corrected chi connectivity index (χ0v) is 29.8. The summed E-state index contributed by atoms with van der Waals surface area (Å²) in [6.07, 6.45) is 0. The van der Waals surface area contributed by atoms with E-state index >= 15 is 0 Å². The Labute approximate surface area is 294 Å². The van der Waals surface area contributed by atoms with Crippen molar-refractivity contribution in [3.05, 3.63) is 0 Å². The van der Waals surface area contributed by atoms with Crippen molar-refractivity contribution in [2.24, 2.45) is 0 Å². The maximum Gasteiger partial charge on any atom is 1.00 e. The summed E-state index contributed by atoms with van der Waals surface area (Å²) in [7, 11) is -14.0. The molecule has 0 aromatic carbocycles. The van der Waals surface area contributed by atoms with Crippen molar-refractivity contribution in [1.29, 1.82) is 0 Å². The third-order valence-electron chi connectivity index (χ3n) is 0. The van der Waals surface area contributed by atoms with Gasteiger partial charge in [-0.2, -0.15) is 25.3 Å². The van der Waals surface area contributed by atoms with Gasteiger partial charge < -0.3 is 9.99 Å². The van der Waals surface area contributed by atoms with Crippen LogP contribution in [0.5, 0.6) is 0 Å². The Bertz CT molecular complexity index is 375. The van der Waals surface area contributed by atoms with Crippen LogP contribution >= 0.6 is 0 Å². The normalized spacial score (nSPS) is 7.91. The first kappa shape index (κ1) is 63.0. The van der Waals surface area contributed by atoms with E-state index in [0.717, 1.165) is 0 Å². The van der Waals surface area contributed by atoms with Gasteiger partial charge in [-0.3, -0.25) is 27.3 Å². The smallest absolute Gasteiger partial charge is 1.00 e. The van der Waals surface area contributed by atoms with Crippen molar-refractivity contribution in [3.63, 3.8) is 0 Å². The first-order valence-electron chi connectivity index (χ1n) is 2.10. The van der Waals surface area contributed by atoms with E-state index in [9.17, 15) is 0 Å². The molecule has 22 heavy (non-hydrogen) atoms. The van der Waals surface area contributed by atoms with Gasteiger partial charge in [-0.05, 0) is 0 Å². The van der Waals surface area contributed by atoms with Crippen LogP contribution in [0.2, 0.25) is 0 Å². The van der Waals surface area contributed by atoms with Crippen molar-refractivity contribution >= 4 is 31.2 Å². The Kier molecular flexibility index (Phi) is 92.4. The molecule has 0 unspecified atom stereocenters. The number of rotatable bonds is 0. The van der Waals surface area contributed by atoms with E-state index in [0.29, 0.717) is 0 Å². The maximum atomic E-state index is 8.74. The van der Waals surface area contributed by atoms with E-state index in [1.165, 1.54) is 0 Å². The summed E-state index contributed by atoms with van der Waals surface area (Å²) in [5.41, 5.74) is 0. The molecule has 0 saturated carbocycles. The number of hydrogen-bond donors (Lipinski definition) is 6. The van der Waals surface area contributed by atoms with Crippen molar-refractivity contribution in [2.75, 3.05) is 0 Å². The van der Waals surface area contributed by atoms with Gasteiger partial charge in [0.25, 0.3) is 0 Å². The molecule has 0 amide bonds.